The molecule has 0 fully saturated rings. The number of pyridine rings is 1. The zero-order chi connectivity index (χ0) is 20.5. The molecule has 1 aromatic carbocycles. The van der Waals surface area contributed by atoms with Crippen molar-refractivity contribution in [3.05, 3.63) is 52.7 Å². The molecule has 0 saturated heterocycles. The molecule has 3 heterocycles. The molecule has 2 N–H and O–H groups in total. The largest absolute Gasteiger partial charge is 0.492 e. The van der Waals surface area contributed by atoms with Crippen molar-refractivity contribution in [3.8, 4) is 5.75 Å². The van der Waals surface area contributed by atoms with Crippen molar-refractivity contribution in [3.63, 3.8) is 0 Å². The Balaban J connectivity index is 1.54. The van der Waals surface area contributed by atoms with E-state index in [1.807, 2.05) is 18.2 Å². The monoisotopic (exact) mass is 414 g/mol. The fourth-order valence-electron chi connectivity index (χ4n) is 3.45. The summed E-state index contributed by atoms with van der Waals surface area (Å²) < 4.78 is 11.8. The molecule has 0 radical (unpaired) electrons. The first-order valence-corrected chi connectivity index (χ1v) is 9.42. The number of aromatic nitrogens is 2. The molecular formula is C20H19ClN4O4. The molecule has 4 rings (SSSR count). The van der Waals surface area contributed by atoms with E-state index in [1.54, 1.807) is 25.1 Å². The van der Waals surface area contributed by atoms with Gasteiger partial charge in [0.1, 0.15) is 11.6 Å². The predicted molar refractivity (Wildman–Crippen MR) is 109 cm³/mol. The normalized spacial score (nSPS) is 15.3. The van der Waals surface area contributed by atoms with Gasteiger partial charge in [0.2, 0.25) is 0 Å². The van der Waals surface area contributed by atoms with Crippen molar-refractivity contribution in [1.82, 2.24) is 14.9 Å². The number of fused-ring (bicyclic) bond motifs is 2. The molecule has 150 valence electrons. The smallest absolute Gasteiger partial charge is 0.419 e. The summed E-state index contributed by atoms with van der Waals surface area (Å²) in [5, 5.41) is 6.93. The second-order valence-electron chi connectivity index (χ2n) is 6.65. The first-order valence-electron chi connectivity index (χ1n) is 9.04. The van der Waals surface area contributed by atoms with Gasteiger partial charge in [-0.25, -0.2) is 19.1 Å². The fraction of sp³-hybridized carbons (Fsp3) is 0.250. The number of aryl methyl sites for hydroxylation is 1. The Labute approximate surface area is 171 Å². The predicted octanol–water partition coefficient (Wildman–Crippen LogP) is 4.26. The third-order valence-electron chi connectivity index (χ3n) is 4.76. The van der Waals surface area contributed by atoms with Crippen LogP contribution < -0.4 is 15.4 Å². The average molecular weight is 415 g/mol. The van der Waals surface area contributed by atoms with Gasteiger partial charge >= 0.3 is 12.1 Å². The number of carbonyl (C=O) groups is 2. The van der Waals surface area contributed by atoms with Crippen LogP contribution in [0.2, 0.25) is 5.02 Å². The van der Waals surface area contributed by atoms with Crippen molar-refractivity contribution in [1.29, 1.82) is 0 Å². The van der Waals surface area contributed by atoms with Crippen LogP contribution in [-0.4, -0.2) is 35.4 Å². The van der Waals surface area contributed by atoms with E-state index in [-0.39, 0.29) is 6.04 Å². The van der Waals surface area contributed by atoms with Crippen LogP contribution in [0.4, 0.5) is 15.4 Å². The first-order chi connectivity index (χ1) is 14.0. The molecule has 1 aliphatic heterocycles. The molecule has 29 heavy (non-hydrogen) atoms. The van der Waals surface area contributed by atoms with Crippen LogP contribution in [0.25, 0.3) is 11.0 Å². The molecule has 9 heteroatoms. The van der Waals surface area contributed by atoms with E-state index in [0.717, 1.165) is 10.9 Å². The third kappa shape index (κ3) is 3.58. The Morgan fingerprint density at radius 2 is 2.14 bits per heavy atom. The van der Waals surface area contributed by atoms with E-state index in [1.165, 1.54) is 11.7 Å². The summed E-state index contributed by atoms with van der Waals surface area (Å²) in [4.78, 5) is 29.0. The molecule has 0 saturated carbocycles. The maximum absolute atomic E-state index is 12.6. The molecular weight excluding hydrogens is 396 g/mol. The SMILES string of the molecule is COC(=O)n1c(C)cc2ccc(NC(=O)N[C@H]3CCOc4c(Cl)cccc43)nc21. The maximum Gasteiger partial charge on any atom is 0.419 e. The lowest BCUT2D eigenvalue weighted by Gasteiger charge is -2.27. The molecule has 2 aromatic heterocycles. The summed E-state index contributed by atoms with van der Waals surface area (Å²) >= 11 is 6.18. The second-order valence-corrected chi connectivity index (χ2v) is 7.05. The van der Waals surface area contributed by atoms with Gasteiger partial charge < -0.3 is 14.8 Å². The molecule has 3 aromatic rings. The number of halogens is 1. The molecule has 2 amide bonds. The number of urea groups is 1. The van der Waals surface area contributed by atoms with Crippen LogP contribution in [0.1, 0.15) is 23.7 Å². The number of ether oxygens (including phenoxy) is 2. The van der Waals surface area contributed by atoms with E-state index in [9.17, 15) is 9.59 Å². The van der Waals surface area contributed by atoms with Gasteiger partial charge in [-0.15, -0.1) is 0 Å². The number of para-hydroxylation sites is 1. The Bertz CT molecular complexity index is 1110. The quantitative estimate of drug-likeness (QED) is 0.653. The molecule has 1 aliphatic rings. The van der Waals surface area contributed by atoms with Crippen LogP contribution in [0.15, 0.2) is 36.4 Å². The Morgan fingerprint density at radius 3 is 2.93 bits per heavy atom. The number of nitrogens with zero attached hydrogens (tertiary/aromatic N) is 2. The number of methoxy groups -OCH3 is 1. The van der Waals surface area contributed by atoms with Crippen LogP contribution in [0.5, 0.6) is 5.75 Å². The van der Waals surface area contributed by atoms with E-state index < -0.39 is 12.1 Å². The van der Waals surface area contributed by atoms with E-state index in [2.05, 4.69) is 15.6 Å². The summed E-state index contributed by atoms with van der Waals surface area (Å²) in [6.07, 6.45) is 0.0831. The van der Waals surface area contributed by atoms with Crippen LogP contribution in [0, 0.1) is 6.92 Å². The Hall–Kier alpha value is -3.26. The minimum atomic E-state index is -0.540. The number of nitrogens with one attached hydrogen (secondary N) is 2. The topological polar surface area (TPSA) is 94.5 Å². The zero-order valence-corrected chi connectivity index (χ0v) is 16.6. The van der Waals surface area contributed by atoms with Crippen LogP contribution in [0.3, 0.4) is 0 Å². The Kier molecular flexibility index (Phi) is 5.02. The number of amides is 2. The van der Waals surface area contributed by atoms with Crippen molar-refractivity contribution in [2.75, 3.05) is 19.0 Å². The summed E-state index contributed by atoms with van der Waals surface area (Å²) in [5.41, 5.74) is 1.93. The van der Waals surface area contributed by atoms with Gasteiger partial charge in [0, 0.05) is 23.1 Å². The van der Waals surface area contributed by atoms with Crippen LogP contribution >= 0.6 is 11.6 Å². The number of hydrogen-bond acceptors (Lipinski definition) is 5. The lowest BCUT2D eigenvalue weighted by Crippen LogP contribution is -2.35. The zero-order valence-electron chi connectivity index (χ0n) is 15.9. The summed E-state index contributed by atoms with van der Waals surface area (Å²) in [6.45, 7) is 2.24. The van der Waals surface area contributed by atoms with Gasteiger partial charge in [-0.2, -0.15) is 0 Å². The van der Waals surface area contributed by atoms with E-state index in [4.69, 9.17) is 21.1 Å². The highest BCUT2D eigenvalue weighted by Gasteiger charge is 2.25. The molecule has 1 atom stereocenters. The van der Waals surface area contributed by atoms with Gasteiger partial charge in [-0.05, 0) is 31.2 Å². The number of anilines is 1. The van der Waals surface area contributed by atoms with Crippen molar-refractivity contribution >= 4 is 40.6 Å². The standard InChI is InChI=1S/C20H19ClN4O4/c1-11-10-12-6-7-16(23-18(12)25(11)20(27)28-2)24-19(26)22-15-8-9-29-17-13(15)4-3-5-14(17)21/h3-7,10,15H,8-9H2,1-2H3,(H2,22,23,24,26)/t15-/m0/s1. The molecule has 0 aliphatic carbocycles. The highest BCUT2D eigenvalue weighted by atomic mass is 35.5. The van der Waals surface area contributed by atoms with Gasteiger partial charge in [0.25, 0.3) is 0 Å². The summed E-state index contributed by atoms with van der Waals surface area (Å²) in [6, 6.07) is 10.1. The Morgan fingerprint density at radius 1 is 1.31 bits per heavy atom. The summed E-state index contributed by atoms with van der Waals surface area (Å²) in [5.74, 6) is 0.910. The fourth-order valence-corrected chi connectivity index (χ4v) is 3.68. The lowest BCUT2D eigenvalue weighted by atomic mass is 10.0. The number of hydrogen-bond donors (Lipinski definition) is 2. The molecule has 0 bridgehead atoms. The van der Waals surface area contributed by atoms with Crippen molar-refractivity contribution in [2.45, 2.75) is 19.4 Å². The summed E-state index contributed by atoms with van der Waals surface area (Å²) in [7, 11) is 1.31. The number of carbonyl (C=O) groups excluding carboxylic acids is 2. The van der Waals surface area contributed by atoms with Gasteiger partial charge in [0.15, 0.2) is 5.65 Å². The van der Waals surface area contributed by atoms with Gasteiger partial charge in [-0.3, -0.25) is 5.32 Å². The van der Waals surface area contributed by atoms with Crippen molar-refractivity contribution in [2.24, 2.45) is 0 Å². The minimum Gasteiger partial charge on any atom is -0.492 e. The number of rotatable bonds is 2. The maximum atomic E-state index is 12.6. The first kappa shape index (κ1) is 19.1. The number of benzene rings is 1. The molecule has 8 nitrogen and oxygen atoms in total. The molecule has 0 spiro atoms. The van der Waals surface area contributed by atoms with Gasteiger partial charge in [0.05, 0.1) is 24.8 Å². The minimum absolute atomic E-state index is 0.234. The highest BCUT2D eigenvalue weighted by Crippen LogP contribution is 2.37. The van der Waals surface area contributed by atoms with Crippen LogP contribution in [-0.2, 0) is 4.74 Å². The highest BCUT2D eigenvalue weighted by molar-refractivity contribution is 6.32. The van der Waals surface area contributed by atoms with E-state index in [0.29, 0.717) is 41.0 Å². The van der Waals surface area contributed by atoms with Gasteiger partial charge in [-0.1, -0.05) is 23.7 Å². The average Bonchev–Trinajstić information content (AvgIpc) is 3.03. The second kappa shape index (κ2) is 7.63. The lowest BCUT2D eigenvalue weighted by molar-refractivity contribution is 0.173. The molecule has 0 unspecified atom stereocenters. The third-order valence-corrected chi connectivity index (χ3v) is 5.06. The van der Waals surface area contributed by atoms with E-state index >= 15 is 0 Å². The van der Waals surface area contributed by atoms with Crippen molar-refractivity contribution < 1.29 is 19.1 Å².